The highest BCUT2D eigenvalue weighted by atomic mass is 16.3. The van der Waals surface area contributed by atoms with E-state index in [9.17, 15) is 5.11 Å². The Labute approximate surface area is 73.4 Å². The Hall–Kier alpha value is -1.08. The molecule has 1 unspecified atom stereocenters. The molecule has 0 aliphatic heterocycles. The fourth-order valence-corrected chi connectivity index (χ4v) is 1.06. The molecule has 0 spiro atoms. The van der Waals surface area contributed by atoms with Gasteiger partial charge in [0, 0.05) is 0 Å². The molecule has 1 aromatic carbocycles. The van der Waals surface area contributed by atoms with Crippen LogP contribution in [0.2, 0.25) is 0 Å². The Balaban J connectivity index is 2.86. The third-order valence-corrected chi connectivity index (χ3v) is 2.00. The number of allylic oxidation sites excluding steroid dienone is 1. The molecule has 0 fully saturated rings. The maximum absolute atomic E-state index is 9.72. The van der Waals surface area contributed by atoms with Crippen molar-refractivity contribution in [1.29, 1.82) is 0 Å². The molecular formula is C11H14O. The highest BCUT2D eigenvalue weighted by Crippen LogP contribution is 2.19. The average molecular weight is 162 g/mol. The smallest absolute Gasteiger partial charge is 0.0998 e. The SMILES string of the molecule is C/C=C(\C)C(O)c1ccccc1. The molecule has 0 aliphatic rings. The lowest BCUT2D eigenvalue weighted by atomic mass is 10.0. The van der Waals surface area contributed by atoms with Crippen molar-refractivity contribution in [2.45, 2.75) is 20.0 Å². The van der Waals surface area contributed by atoms with Crippen molar-refractivity contribution in [3.63, 3.8) is 0 Å². The third kappa shape index (κ3) is 1.95. The molecule has 0 aliphatic carbocycles. The fourth-order valence-electron chi connectivity index (χ4n) is 1.06. The first-order chi connectivity index (χ1) is 5.75. The second-order valence-electron chi connectivity index (χ2n) is 2.85. The largest absolute Gasteiger partial charge is 0.384 e. The number of aliphatic hydroxyl groups excluding tert-OH is 1. The predicted molar refractivity (Wildman–Crippen MR) is 50.8 cm³/mol. The van der Waals surface area contributed by atoms with Gasteiger partial charge in [-0.1, -0.05) is 36.4 Å². The zero-order valence-corrected chi connectivity index (χ0v) is 7.49. The second kappa shape index (κ2) is 4.07. The van der Waals surface area contributed by atoms with Crippen molar-refractivity contribution in [3.05, 3.63) is 47.5 Å². The van der Waals surface area contributed by atoms with E-state index in [2.05, 4.69) is 0 Å². The summed E-state index contributed by atoms with van der Waals surface area (Å²) in [5.41, 5.74) is 1.94. The van der Waals surface area contributed by atoms with E-state index in [0.29, 0.717) is 0 Å². The first-order valence-electron chi connectivity index (χ1n) is 4.11. The van der Waals surface area contributed by atoms with Gasteiger partial charge < -0.3 is 5.11 Å². The van der Waals surface area contributed by atoms with Crippen LogP contribution in [0.15, 0.2) is 42.0 Å². The number of benzene rings is 1. The topological polar surface area (TPSA) is 20.2 Å². The van der Waals surface area contributed by atoms with Crippen molar-refractivity contribution in [2.24, 2.45) is 0 Å². The van der Waals surface area contributed by atoms with Crippen LogP contribution in [-0.2, 0) is 0 Å². The summed E-state index contributed by atoms with van der Waals surface area (Å²) in [6, 6.07) is 9.67. The minimum atomic E-state index is -0.448. The molecule has 0 aromatic heterocycles. The Bertz CT molecular complexity index is 262. The summed E-state index contributed by atoms with van der Waals surface area (Å²) in [4.78, 5) is 0. The molecule has 1 aromatic rings. The fraction of sp³-hybridized carbons (Fsp3) is 0.273. The van der Waals surface area contributed by atoms with Gasteiger partial charge in [0.25, 0.3) is 0 Å². The first-order valence-corrected chi connectivity index (χ1v) is 4.11. The van der Waals surface area contributed by atoms with Crippen molar-refractivity contribution < 1.29 is 5.11 Å². The molecule has 1 N–H and O–H groups in total. The highest BCUT2D eigenvalue weighted by molar-refractivity contribution is 5.24. The van der Waals surface area contributed by atoms with E-state index in [4.69, 9.17) is 0 Å². The molecule has 64 valence electrons. The summed E-state index contributed by atoms with van der Waals surface area (Å²) >= 11 is 0. The highest BCUT2D eigenvalue weighted by Gasteiger charge is 2.06. The quantitative estimate of drug-likeness (QED) is 0.663. The molecule has 0 saturated carbocycles. The van der Waals surface area contributed by atoms with E-state index in [1.807, 2.05) is 50.3 Å². The molecule has 0 saturated heterocycles. The van der Waals surface area contributed by atoms with E-state index in [1.165, 1.54) is 0 Å². The molecule has 0 amide bonds. The Morgan fingerprint density at radius 3 is 2.42 bits per heavy atom. The number of aliphatic hydroxyl groups is 1. The second-order valence-corrected chi connectivity index (χ2v) is 2.85. The predicted octanol–water partition coefficient (Wildman–Crippen LogP) is 2.69. The van der Waals surface area contributed by atoms with Crippen LogP contribution in [0.5, 0.6) is 0 Å². The summed E-state index contributed by atoms with van der Waals surface area (Å²) < 4.78 is 0. The lowest BCUT2D eigenvalue weighted by molar-refractivity contribution is 0.215. The summed E-state index contributed by atoms with van der Waals surface area (Å²) in [5, 5.41) is 9.72. The van der Waals surface area contributed by atoms with Gasteiger partial charge in [0.1, 0.15) is 0 Å². The van der Waals surface area contributed by atoms with Gasteiger partial charge in [-0.2, -0.15) is 0 Å². The lowest BCUT2D eigenvalue weighted by Crippen LogP contribution is -1.97. The maximum atomic E-state index is 9.72. The van der Waals surface area contributed by atoms with Crippen molar-refractivity contribution in [2.75, 3.05) is 0 Å². The van der Waals surface area contributed by atoms with Crippen molar-refractivity contribution in [3.8, 4) is 0 Å². The molecule has 0 radical (unpaired) electrons. The van der Waals surface area contributed by atoms with Gasteiger partial charge in [-0.25, -0.2) is 0 Å². The van der Waals surface area contributed by atoms with Gasteiger partial charge in [0.15, 0.2) is 0 Å². The van der Waals surface area contributed by atoms with E-state index in [1.54, 1.807) is 0 Å². The van der Waals surface area contributed by atoms with Gasteiger partial charge in [0.2, 0.25) is 0 Å². The number of hydrogen-bond donors (Lipinski definition) is 1. The molecule has 0 heterocycles. The molecule has 1 atom stereocenters. The van der Waals surface area contributed by atoms with E-state index in [0.717, 1.165) is 11.1 Å². The zero-order chi connectivity index (χ0) is 8.97. The summed E-state index contributed by atoms with van der Waals surface area (Å²) in [7, 11) is 0. The molecular weight excluding hydrogens is 148 g/mol. The molecule has 1 heteroatoms. The average Bonchev–Trinajstić information content (AvgIpc) is 2.17. The Kier molecular flexibility index (Phi) is 3.06. The minimum absolute atomic E-state index is 0.448. The molecule has 1 rings (SSSR count). The number of rotatable bonds is 2. The van der Waals surface area contributed by atoms with Crippen LogP contribution in [0.4, 0.5) is 0 Å². The monoisotopic (exact) mass is 162 g/mol. The van der Waals surface area contributed by atoms with E-state index in [-0.39, 0.29) is 0 Å². The van der Waals surface area contributed by atoms with Crippen LogP contribution in [0.25, 0.3) is 0 Å². The summed E-state index contributed by atoms with van der Waals surface area (Å²) in [6.07, 6.45) is 1.48. The maximum Gasteiger partial charge on any atom is 0.0998 e. The molecule has 1 nitrogen and oxygen atoms in total. The normalized spacial score (nSPS) is 14.4. The molecule has 12 heavy (non-hydrogen) atoms. The Morgan fingerprint density at radius 2 is 1.92 bits per heavy atom. The van der Waals surface area contributed by atoms with E-state index < -0.39 is 6.10 Å². The van der Waals surface area contributed by atoms with Gasteiger partial charge in [-0.05, 0) is 25.0 Å². The van der Waals surface area contributed by atoms with Crippen LogP contribution in [0.3, 0.4) is 0 Å². The van der Waals surface area contributed by atoms with Crippen LogP contribution in [0, 0.1) is 0 Å². The van der Waals surface area contributed by atoms with Crippen molar-refractivity contribution >= 4 is 0 Å². The Morgan fingerprint density at radius 1 is 1.33 bits per heavy atom. The minimum Gasteiger partial charge on any atom is -0.384 e. The van der Waals surface area contributed by atoms with Crippen LogP contribution in [0.1, 0.15) is 25.5 Å². The summed E-state index contributed by atoms with van der Waals surface area (Å²) in [5.74, 6) is 0. The standard InChI is InChI=1S/C11H14O/c1-3-9(2)11(12)10-7-5-4-6-8-10/h3-8,11-12H,1-2H3/b9-3+. The summed E-state index contributed by atoms with van der Waals surface area (Å²) in [6.45, 7) is 3.86. The lowest BCUT2D eigenvalue weighted by Gasteiger charge is -2.10. The van der Waals surface area contributed by atoms with Crippen LogP contribution < -0.4 is 0 Å². The van der Waals surface area contributed by atoms with Gasteiger partial charge in [0.05, 0.1) is 6.10 Å². The van der Waals surface area contributed by atoms with Crippen molar-refractivity contribution in [1.82, 2.24) is 0 Å². The molecule has 0 bridgehead atoms. The van der Waals surface area contributed by atoms with Crippen LogP contribution in [-0.4, -0.2) is 5.11 Å². The van der Waals surface area contributed by atoms with Gasteiger partial charge in [-0.3, -0.25) is 0 Å². The number of hydrogen-bond acceptors (Lipinski definition) is 1. The first kappa shape index (κ1) is 9.01. The van der Waals surface area contributed by atoms with Crippen LogP contribution >= 0.6 is 0 Å². The van der Waals surface area contributed by atoms with Gasteiger partial charge in [-0.15, -0.1) is 0 Å². The third-order valence-electron chi connectivity index (χ3n) is 2.00. The van der Waals surface area contributed by atoms with E-state index >= 15 is 0 Å². The van der Waals surface area contributed by atoms with Gasteiger partial charge >= 0.3 is 0 Å². The zero-order valence-electron chi connectivity index (χ0n) is 7.49.